The predicted molar refractivity (Wildman–Crippen MR) is 61.5 cm³/mol. The second-order valence-electron chi connectivity index (χ2n) is 3.89. The quantitative estimate of drug-likeness (QED) is 0.700. The Balaban J connectivity index is 2.90. The van der Waals surface area contributed by atoms with Gasteiger partial charge in [-0.1, -0.05) is 0 Å². The normalized spacial score (nSPS) is 10.9. The smallest absolute Gasteiger partial charge is 0.156 e. The molecule has 2 aromatic heterocycles. The highest BCUT2D eigenvalue weighted by Crippen LogP contribution is 2.25. The van der Waals surface area contributed by atoms with Gasteiger partial charge in [-0.05, 0) is 19.4 Å². The first-order valence-corrected chi connectivity index (χ1v) is 4.79. The molecule has 0 aromatic carbocycles. The minimum atomic E-state index is 0.852. The number of nitrogens with two attached hydrogens (primary N) is 1. The summed E-state index contributed by atoms with van der Waals surface area (Å²) in [6.07, 6.45) is 1.62. The van der Waals surface area contributed by atoms with E-state index >= 15 is 0 Å². The van der Waals surface area contributed by atoms with E-state index in [1.165, 1.54) is 0 Å². The first-order valence-electron chi connectivity index (χ1n) is 4.79. The van der Waals surface area contributed by atoms with Gasteiger partial charge in [0.2, 0.25) is 0 Å². The van der Waals surface area contributed by atoms with Crippen molar-refractivity contribution in [2.75, 3.05) is 24.8 Å². The molecule has 2 heterocycles. The van der Waals surface area contributed by atoms with Crippen molar-refractivity contribution < 1.29 is 0 Å². The molecule has 2 N–H and O–H groups in total. The maximum atomic E-state index is 5.82. The number of hydrogen-bond donors (Lipinski definition) is 1. The molecule has 0 aliphatic rings. The fourth-order valence-electron chi connectivity index (χ4n) is 1.67. The van der Waals surface area contributed by atoms with Gasteiger partial charge in [0.05, 0.1) is 5.52 Å². The topological polar surface area (TPSA) is 60.0 Å². The van der Waals surface area contributed by atoms with Crippen molar-refractivity contribution in [1.29, 1.82) is 0 Å². The molecule has 0 aliphatic heterocycles. The van der Waals surface area contributed by atoms with E-state index in [-0.39, 0.29) is 0 Å². The number of fused-ring (bicyclic) bond motifs is 1. The van der Waals surface area contributed by atoms with Crippen LogP contribution in [0.1, 0.15) is 11.3 Å². The molecule has 0 saturated carbocycles. The molecule has 0 amide bonds. The van der Waals surface area contributed by atoms with E-state index in [4.69, 9.17) is 5.84 Å². The molecule has 0 aliphatic carbocycles. The molecule has 5 heteroatoms. The van der Waals surface area contributed by atoms with E-state index in [9.17, 15) is 0 Å². The molecular weight excluding hydrogens is 190 g/mol. The molecule has 2 aromatic rings. The maximum absolute atomic E-state index is 5.82. The molecule has 0 spiro atoms. The average molecular weight is 205 g/mol. The molecule has 0 atom stereocenters. The summed E-state index contributed by atoms with van der Waals surface area (Å²) in [7, 11) is 3.90. The molecule has 80 valence electrons. The number of aromatic nitrogens is 3. The Bertz CT molecular complexity index is 512. The highest BCUT2D eigenvalue weighted by molar-refractivity contribution is 5.89. The van der Waals surface area contributed by atoms with Crippen molar-refractivity contribution in [2.24, 2.45) is 0 Å². The number of aryl methyl sites for hydroxylation is 2. The zero-order chi connectivity index (χ0) is 11.2. The van der Waals surface area contributed by atoms with Gasteiger partial charge in [0, 0.05) is 19.8 Å². The lowest BCUT2D eigenvalue weighted by molar-refractivity contribution is 1.02. The van der Waals surface area contributed by atoms with Gasteiger partial charge in [-0.25, -0.2) is 14.6 Å². The lowest BCUT2D eigenvalue weighted by atomic mass is 10.2. The molecule has 0 unspecified atom stereocenters. The number of hydrogen-bond acceptors (Lipinski definition) is 4. The molecule has 2 rings (SSSR count). The summed E-state index contributed by atoms with van der Waals surface area (Å²) in [6, 6.07) is 0. The van der Waals surface area contributed by atoms with Crippen molar-refractivity contribution in [3.63, 3.8) is 0 Å². The van der Waals surface area contributed by atoms with Crippen molar-refractivity contribution in [3.05, 3.63) is 17.6 Å². The number of imidazole rings is 1. The Kier molecular flexibility index (Phi) is 2.03. The van der Waals surface area contributed by atoms with Crippen molar-refractivity contribution in [2.45, 2.75) is 13.8 Å². The second kappa shape index (κ2) is 3.12. The molecule has 5 nitrogen and oxygen atoms in total. The van der Waals surface area contributed by atoms with Gasteiger partial charge in [0.25, 0.3) is 0 Å². The minimum absolute atomic E-state index is 0.852. The predicted octanol–water partition coefficient (Wildman–Crippen LogP) is 0.828. The maximum Gasteiger partial charge on any atom is 0.156 e. The molecule has 0 radical (unpaired) electrons. The summed E-state index contributed by atoms with van der Waals surface area (Å²) in [5.74, 6) is 6.68. The van der Waals surface area contributed by atoms with Crippen LogP contribution in [0.3, 0.4) is 0 Å². The number of anilines is 1. The van der Waals surface area contributed by atoms with Gasteiger partial charge in [-0.2, -0.15) is 0 Å². The van der Waals surface area contributed by atoms with Gasteiger partial charge in [0.1, 0.15) is 11.8 Å². The van der Waals surface area contributed by atoms with Gasteiger partial charge in [-0.3, -0.25) is 0 Å². The summed E-state index contributed by atoms with van der Waals surface area (Å²) in [5, 5.41) is 0. The third-order valence-electron chi connectivity index (χ3n) is 2.60. The summed E-state index contributed by atoms with van der Waals surface area (Å²) in [4.78, 5) is 10.7. The Morgan fingerprint density at radius 1 is 1.33 bits per heavy atom. The van der Waals surface area contributed by atoms with Gasteiger partial charge < -0.3 is 10.7 Å². The number of nitrogen functional groups attached to an aromatic ring is 1. The first kappa shape index (κ1) is 9.76. The van der Waals surface area contributed by atoms with Gasteiger partial charge in [0.15, 0.2) is 5.82 Å². The van der Waals surface area contributed by atoms with Crippen LogP contribution >= 0.6 is 0 Å². The standard InChI is InChI=1S/C10H15N5/c1-6-7(2)13-10(14(3)4)8-9(6)15(11)5-12-8/h5H,11H2,1-4H3. The zero-order valence-corrected chi connectivity index (χ0v) is 9.44. The molecular formula is C10H15N5. The fraction of sp³-hybridized carbons (Fsp3) is 0.400. The molecule has 0 bridgehead atoms. The van der Waals surface area contributed by atoms with Crippen LogP contribution in [0.5, 0.6) is 0 Å². The second-order valence-corrected chi connectivity index (χ2v) is 3.89. The van der Waals surface area contributed by atoms with Crippen LogP contribution in [-0.4, -0.2) is 28.7 Å². The lowest BCUT2D eigenvalue weighted by Crippen LogP contribution is -2.13. The molecule has 15 heavy (non-hydrogen) atoms. The van der Waals surface area contributed by atoms with E-state index in [0.29, 0.717) is 0 Å². The monoisotopic (exact) mass is 205 g/mol. The summed E-state index contributed by atoms with van der Waals surface area (Å²) in [6.45, 7) is 3.99. The highest BCUT2D eigenvalue weighted by atomic mass is 15.3. The van der Waals surface area contributed by atoms with Crippen LogP contribution in [0.15, 0.2) is 6.33 Å². The summed E-state index contributed by atoms with van der Waals surface area (Å²) in [5.41, 5.74) is 3.87. The van der Waals surface area contributed by atoms with Gasteiger partial charge >= 0.3 is 0 Å². The third kappa shape index (κ3) is 1.31. The first-order chi connectivity index (χ1) is 7.02. The van der Waals surface area contributed by atoms with Crippen molar-refractivity contribution in [1.82, 2.24) is 14.6 Å². The Morgan fingerprint density at radius 3 is 2.60 bits per heavy atom. The largest absolute Gasteiger partial charge is 0.361 e. The zero-order valence-electron chi connectivity index (χ0n) is 9.44. The number of nitrogens with zero attached hydrogens (tertiary/aromatic N) is 4. The van der Waals surface area contributed by atoms with E-state index in [1.54, 1.807) is 11.0 Å². The third-order valence-corrected chi connectivity index (χ3v) is 2.60. The van der Waals surface area contributed by atoms with E-state index in [2.05, 4.69) is 9.97 Å². The SMILES string of the molecule is Cc1nc(N(C)C)c2ncn(N)c2c1C. The molecule has 0 saturated heterocycles. The van der Waals surface area contributed by atoms with Crippen molar-refractivity contribution in [3.8, 4) is 0 Å². The average Bonchev–Trinajstić information content (AvgIpc) is 2.54. The van der Waals surface area contributed by atoms with Crippen LogP contribution in [0.25, 0.3) is 11.0 Å². The van der Waals surface area contributed by atoms with Crippen LogP contribution in [0.4, 0.5) is 5.82 Å². The van der Waals surface area contributed by atoms with E-state index < -0.39 is 0 Å². The van der Waals surface area contributed by atoms with E-state index in [1.807, 2.05) is 32.8 Å². The lowest BCUT2D eigenvalue weighted by Gasteiger charge is -2.14. The highest BCUT2D eigenvalue weighted by Gasteiger charge is 2.14. The van der Waals surface area contributed by atoms with Crippen molar-refractivity contribution >= 4 is 16.9 Å². The van der Waals surface area contributed by atoms with Crippen LogP contribution in [0, 0.1) is 13.8 Å². The molecule has 0 fully saturated rings. The van der Waals surface area contributed by atoms with Gasteiger partial charge in [-0.15, -0.1) is 0 Å². The number of pyridine rings is 1. The van der Waals surface area contributed by atoms with E-state index in [0.717, 1.165) is 28.1 Å². The fourth-order valence-corrected chi connectivity index (χ4v) is 1.67. The Morgan fingerprint density at radius 2 is 2.00 bits per heavy atom. The Labute approximate surface area is 88.5 Å². The summed E-state index contributed by atoms with van der Waals surface area (Å²) >= 11 is 0. The summed E-state index contributed by atoms with van der Waals surface area (Å²) < 4.78 is 1.55. The van der Waals surface area contributed by atoms with Crippen LogP contribution in [-0.2, 0) is 0 Å². The minimum Gasteiger partial charge on any atom is -0.361 e. The van der Waals surface area contributed by atoms with Crippen LogP contribution in [0.2, 0.25) is 0 Å². The number of rotatable bonds is 1. The van der Waals surface area contributed by atoms with Crippen LogP contribution < -0.4 is 10.7 Å². The Hall–Kier alpha value is -1.78.